The molecule has 1 aromatic carbocycles. The van der Waals surface area contributed by atoms with Crippen LogP contribution >= 0.6 is 0 Å². The molecule has 0 aliphatic heterocycles. The van der Waals surface area contributed by atoms with Crippen LogP contribution in [0.4, 0.5) is 11.6 Å². The summed E-state index contributed by atoms with van der Waals surface area (Å²) in [4.78, 5) is 3.96. The second-order valence-corrected chi connectivity index (χ2v) is 2.65. The second-order valence-electron chi connectivity index (χ2n) is 2.65. The molecule has 0 aliphatic carbocycles. The maximum atomic E-state index is 5.67. The third kappa shape index (κ3) is 0.955. The zero-order chi connectivity index (χ0) is 8.55. The molecule has 0 saturated carbocycles. The van der Waals surface area contributed by atoms with Crippen molar-refractivity contribution < 1.29 is 0 Å². The summed E-state index contributed by atoms with van der Waals surface area (Å²) in [5.74, 6) is 0.955. The maximum absolute atomic E-state index is 5.67. The lowest BCUT2D eigenvalue weighted by molar-refractivity contribution is 1.37. The predicted octanol–water partition coefficient (Wildman–Crippen LogP) is 1.40. The number of pyridine rings is 1. The third-order valence-electron chi connectivity index (χ3n) is 1.79. The van der Waals surface area contributed by atoms with E-state index in [1.165, 1.54) is 0 Å². The third-order valence-corrected chi connectivity index (χ3v) is 1.79. The van der Waals surface area contributed by atoms with E-state index in [4.69, 9.17) is 11.5 Å². The summed E-state index contributed by atoms with van der Waals surface area (Å²) < 4.78 is 0. The van der Waals surface area contributed by atoms with Crippen molar-refractivity contribution in [3.05, 3.63) is 30.3 Å². The Morgan fingerprint density at radius 2 is 1.83 bits per heavy atom. The van der Waals surface area contributed by atoms with Gasteiger partial charge in [0.15, 0.2) is 0 Å². The maximum Gasteiger partial charge on any atom is 0.133 e. The van der Waals surface area contributed by atoms with Crippen LogP contribution in [0.25, 0.3) is 10.8 Å². The molecule has 0 fully saturated rings. The van der Waals surface area contributed by atoms with Crippen LogP contribution in [0.2, 0.25) is 0 Å². The number of nitrogens with zero attached hydrogens (tertiary/aromatic N) is 1. The van der Waals surface area contributed by atoms with Gasteiger partial charge in [-0.3, -0.25) is 0 Å². The number of benzene rings is 1. The molecule has 2 aromatic rings. The molecule has 0 spiro atoms. The molecule has 0 bridgehead atoms. The highest BCUT2D eigenvalue weighted by atomic mass is 14.9. The Bertz CT molecular complexity index is 423. The Morgan fingerprint density at radius 3 is 2.67 bits per heavy atom. The van der Waals surface area contributed by atoms with E-state index in [0.29, 0.717) is 11.6 Å². The highest BCUT2D eigenvalue weighted by Crippen LogP contribution is 2.20. The Kier molecular flexibility index (Phi) is 1.37. The average Bonchev–Trinajstić information content (AvgIpc) is 2.04. The number of hydrogen-bond donors (Lipinski definition) is 2. The molecule has 0 radical (unpaired) electrons. The molecule has 2 rings (SSSR count). The SMILES string of the molecule is Nc1cc2ccccc2c(N)n1. The number of nitrogen functional groups attached to an aromatic ring is 2. The molecule has 1 aromatic heterocycles. The van der Waals surface area contributed by atoms with Gasteiger partial charge in [0.05, 0.1) is 0 Å². The number of rotatable bonds is 0. The minimum atomic E-state index is 0.464. The summed E-state index contributed by atoms with van der Waals surface area (Å²) in [5.41, 5.74) is 11.2. The number of anilines is 2. The number of nitrogens with two attached hydrogens (primary N) is 2. The summed E-state index contributed by atoms with van der Waals surface area (Å²) in [6.45, 7) is 0. The van der Waals surface area contributed by atoms with Crippen LogP contribution < -0.4 is 11.5 Å². The molecule has 1 heterocycles. The Balaban J connectivity index is 2.89. The van der Waals surface area contributed by atoms with Gasteiger partial charge in [0.1, 0.15) is 11.6 Å². The molecule has 0 aliphatic rings. The standard InChI is InChI=1S/C9H9N3/c10-8-5-6-3-1-2-4-7(6)9(11)12-8/h1-5H,(H4,10,11,12). The van der Waals surface area contributed by atoms with Crippen LogP contribution in [0.1, 0.15) is 0 Å². The first-order valence-corrected chi connectivity index (χ1v) is 3.68. The van der Waals surface area contributed by atoms with Crippen molar-refractivity contribution in [3.63, 3.8) is 0 Å². The molecule has 12 heavy (non-hydrogen) atoms. The first-order valence-electron chi connectivity index (χ1n) is 3.68. The van der Waals surface area contributed by atoms with E-state index >= 15 is 0 Å². The van der Waals surface area contributed by atoms with Crippen molar-refractivity contribution in [1.29, 1.82) is 0 Å². The van der Waals surface area contributed by atoms with Gasteiger partial charge < -0.3 is 11.5 Å². The lowest BCUT2D eigenvalue weighted by Crippen LogP contribution is -1.96. The van der Waals surface area contributed by atoms with Gasteiger partial charge in [-0.05, 0) is 11.5 Å². The topological polar surface area (TPSA) is 64.9 Å². The van der Waals surface area contributed by atoms with E-state index in [-0.39, 0.29) is 0 Å². The summed E-state index contributed by atoms with van der Waals surface area (Å²) >= 11 is 0. The largest absolute Gasteiger partial charge is 0.384 e. The molecular weight excluding hydrogens is 150 g/mol. The molecule has 3 nitrogen and oxygen atoms in total. The van der Waals surface area contributed by atoms with Gasteiger partial charge in [-0.2, -0.15) is 0 Å². The number of hydrogen-bond acceptors (Lipinski definition) is 3. The van der Waals surface area contributed by atoms with E-state index in [1.807, 2.05) is 30.3 Å². The lowest BCUT2D eigenvalue weighted by atomic mass is 10.1. The summed E-state index contributed by atoms with van der Waals surface area (Å²) in [5, 5.41) is 1.98. The molecule has 0 amide bonds. The van der Waals surface area contributed by atoms with E-state index in [9.17, 15) is 0 Å². The average molecular weight is 159 g/mol. The van der Waals surface area contributed by atoms with E-state index in [0.717, 1.165) is 10.8 Å². The monoisotopic (exact) mass is 159 g/mol. The Morgan fingerprint density at radius 1 is 1.08 bits per heavy atom. The normalized spacial score (nSPS) is 10.3. The Labute approximate surface area is 70.0 Å². The molecule has 60 valence electrons. The van der Waals surface area contributed by atoms with Gasteiger partial charge in [-0.25, -0.2) is 4.98 Å². The first kappa shape index (κ1) is 6.91. The summed E-state index contributed by atoms with van der Waals surface area (Å²) in [6, 6.07) is 9.57. The molecule has 0 unspecified atom stereocenters. The van der Waals surface area contributed by atoms with Crippen LogP contribution in [0.15, 0.2) is 30.3 Å². The van der Waals surface area contributed by atoms with Crippen molar-refractivity contribution >= 4 is 22.4 Å². The van der Waals surface area contributed by atoms with Crippen molar-refractivity contribution in [2.45, 2.75) is 0 Å². The van der Waals surface area contributed by atoms with Crippen LogP contribution in [0.3, 0.4) is 0 Å². The summed E-state index contributed by atoms with van der Waals surface area (Å²) in [7, 11) is 0. The zero-order valence-corrected chi connectivity index (χ0v) is 6.49. The number of aromatic nitrogens is 1. The van der Waals surface area contributed by atoms with Gasteiger partial charge in [-0.1, -0.05) is 24.3 Å². The zero-order valence-electron chi connectivity index (χ0n) is 6.49. The van der Waals surface area contributed by atoms with Gasteiger partial charge in [0, 0.05) is 5.39 Å². The quantitative estimate of drug-likeness (QED) is 0.610. The van der Waals surface area contributed by atoms with E-state index in [2.05, 4.69) is 4.98 Å². The molecule has 0 atom stereocenters. The Hall–Kier alpha value is -1.77. The van der Waals surface area contributed by atoms with Crippen molar-refractivity contribution in [3.8, 4) is 0 Å². The van der Waals surface area contributed by atoms with Crippen LogP contribution in [-0.4, -0.2) is 4.98 Å². The van der Waals surface area contributed by atoms with Gasteiger partial charge in [0.25, 0.3) is 0 Å². The summed E-state index contributed by atoms with van der Waals surface area (Å²) in [6.07, 6.45) is 0. The molecular formula is C9H9N3. The van der Waals surface area contributed by atoms with E-state index in [1.54, 1.807) is 0 Å². The lowest BCUT2D eigenvalue weighted by Gasteiger charge is -2.01. The fourth-order valence-corrected chi connectivity index (χ4v) is 1.25. The molecule has 4 N–H and O–H groups in total. The van der Waals surface area contributed by atoms with Crippen LogP contribution in [-0.2, 0) is 0 Å². The highest BCUT2D eigenvalue weighted by Gasteiger charge is 1.98. The van der Waals surface area contributed by atoms with Crippen LogP contribution in [0.5, 0.6) is 0 Å². The van der Waals surface area contributed by atoms with Crippen molar-refractivity contribution in [1.82, 2.24) is 4.98 Å². The predicted molar refractivity (Wildman–Crippen MR) is 50.6 cm³/mol. The van der Waals surface area contributed by atoms with Crippen molar-refractivity contribution in [2.24, 2.45) is 0 Å². The number of fused-ring (bicyclic) bond motifs is 1. The van der Waals surface area contributed by atoms with Gasteiger partial charge in [0.2, 0.25) is 0 Å². The minimum absolute atomic E-state index is 0.464. The molecule has 0 saturated heterocycles. The van der Waals surface area contributed by atoms with Gasteiger partial charge >= 0.3 is 0 Å². The minimum Gasteiger partial charge on any atom is -0.384 e. The molecule has 3 heteroatoms. The van der Waals surface area contributed by atoms with Crippen LogP contribution in [0, 0.1) is 0 Å². The van der Waals surface area contributed by atoms with E-state index < -0.39 is 0 Å². The smallest absolute Gasteiger partial charge is 0.133 e. The second kappa shape index (κ2) is 2.37. The van der Waals surface area contributed by atoms with Crippen molar-refractivity contribution in [2.75, 3.05) is 11.5 Å². The first-order chi connectivity index (χ1) is 5.77. The highest BCUT2D eigenvalue weighted by molar-refractivity contribution is 5.92. The fraction of sp³-hybridized carbons (Fsp3) is 0. The van der Waals surface area contributed by atoms with Gasteiger partial charge in [-0.15, -0.1) is 0 Å². The fourth-order valence-electron chi connectivity index (χ4n) is 1.25.